The number of H-pyrrole nitrogens is 1. The molecule has 0 saturated carbocycles. The number of anilines is 1. The normalized spacial score (nSPS) is 24.3. The monoisotopic (exact) mass is 407 g/mol. The van der Waals surface area contributed by atoms with Gasteiger partial charge in [0.05, 0.1) is 31.6 Å². The van der Waals surface area contributed by atoms with E-state index >= 15 is 0 Å². The number of hydrogen-bond acceptors (Lipinski definition) is 6. The van der Waals surface area contributed by atoms with Gasteiger partial charge in [0.1, 0.15) is 11.5 Å². The van der Waals surface area contributed by atoms with Crippen molar-refractivity contribution in [2.24, 2.45) is 5.41 Å². The van der Waals surface area contributed by atoms with Crippen molar-refractivity contribution in [3.63, 3.8) is 0 Å². The predicted molar refractivity (Wildman–Crippen MR) is 117 cm³/mol. The Morgan fingerprint density at radius 2 is 2.00 bits per heavy atom. The third kappa shape index (κ3) is 3.46. The maximum atomic E-state index is 5.87. The highest BCUT2D eigenvalue weighted by Crippen LogP contribution is 2.42. The van der Waals surface area contributed by atoms with Gasteiger partial charge in [0.15, 0.2) is 5.82 Å². The molecule has 7 nitrogen and oxygen atoms in total. The molecule has 2 fully saturated rings. The first-order chi connectivity index (χ1) is 14.5. The summed E-state index contributed by atoms with van der Waals surface area (Å²) < 4.78 is 11.5. The van der Waals surface area contributed by atoms with Gasteiger partial charge in [-0.05, 0) is 30.9 Å². The second-order valence-corrected chi connectivity index (χ2v) is 9.06. The summed E-state index contributed by atoms with van der Waals surface area (Å²) in [6.07, 6.45) is 4.75. The summed E-state index contributed by atoms with van der Waals surface area (Å²) >= 11 is 0. The van der Waals surface area contributed by atoms with Crippen molar-refractivity contribution in [3.05, 3.63) is 36.3 Å². The molecule has 7 heteroatoms. The van der Waals surface area contributed by atoms with Gasteiger partial charge in [-0.15, -0.1) is 0 Å². The largest absolute Gasteiger partial charge is 0.381 e. The number of ether oxygens (including phenoxy) is 2. The van der Waals surface area contributed by atoms with Crippen LogP contribution >= 0.6 is 0 Å². The number of nitrogens with zero attached hydrogens (tertiary/aromatic N) is 4. The van der Waals surface area contributed by atoms with Crippen LogP contribution in [0.2, 0.25) is 0 Å². The number of nitrogens with one attached hydrogen (secondary N) is 1. The fourth-order valence-electron chi connectivity index (χ4n) is 4.54. The van der Waals surface area contributed by atoms with E-state index in [4.69, 9.17) is 19.4 Å². The van der Waals surface area contributed by atoms with Crippen molar-refractivity contribution in [2.45, 2.75) is 39.2 Å². The fraction of sp³-hybridized carbons (Fsp3) is 0.522. The number of morpholine rings is 1. The average Bonchev–Trinajstić information content (AvgIpc) is 3.22. The summed E-state index contributed by atoms with van der Waals surface area (Å²) in [4.78, 5) is 20.1. The van der Waals surface area contributed by atoms with Crippen LogP contribution in [0.15, 0.2) is 30.6 Å². The lowest BCUT2D eigenvalue weighted by molar-refractivity contribution is 0.00889. The molecule has 2 aliphatic rings. The fourth-order valence-corrected chi connectivity index (χ4v) is 4.54. The lowest BCUT2D eigenvalue weighted by atomic mass is 9.73. The number of aromatic amines is 1. The molecular weight excluding hydrogens is 378 g/mol. The Morgan fingerprint density at radius 3 is 2.83 bits per heavy atom. The molecule has 2 aliphatic heterocycles. The molecule has 1 unspecified atom stereocenters. The van der Waals surface area contributed by atoms with E-state index in [1.54, 1.807) is 0 Å². The van der Waals surface area contributed by atoms with Crippen molar-refractivity contribution in [1.29, 1.82) is 0 Å². The first-order valence-electron chi connectivity index (χ1n) is 10.8. The summed E-state index contributed by atoms with van der Waals surface area (Å²) in [5, 5.41) is 1.04. The Kier molecular flexibility index (Phi) is 4.95. The summed E-state index contributed by atoms with van der Waals surface area (Å²) in [6.45, 7) is 10.6. The number of hydrogen-bond donors (Lipinski definition) is 1. The van der Waals surface area contributed by atoms with Crippen LogP contribution in [0.25, 0.3) is 22.4 Å². The van der Waals surface area contributed by atoms with Crippen LogP contribution in [-0.2, 0) is 9.47 Å². The number of aromatic nitrogens is 4. The van der Waals surface area contributed by atoms with Crippen LogP contribution in [0.4, 0.5) is 5.82 Å². The second-order valence-electron chi connectivity index (χ2n) is 9.06. The third-order valence-electron chi connectivity index (χ3n) is 6.57. The van der Waals surface area contributed by atoms with Crippen molar-refractivity contribution >= 4 is 16.9 Å². The molecule has 0 aromatic carbocycles. The molecular formula is C23H29N5O2. The van der Waals surface area contributed by atoms with Gasteiger partial charge in [-0.1, -0.05) is 13.8 Å². The van der Waals surface area contributed by atoms with E-state index in [-0.39, 0.29) is 17.4 Å². The van der Waals surface area contributed by atoms with Crippen LogP contribution in [0.1, 0.15) is 38.8 Å². The van der Waals surface area contributed by atoms with Crippen molar-refractivity contribution < 1.29 is 9.47 Å². The summed E-state index contributed by atoms with van der Waals surface area (Å²) in [7, 11) is 0. The van der Waals surface area contributed by atoms with Crippen molar-refractivity contribution in [1.82, 2.24) is 19.9 Å². The Balaban J connectivity index is 1.66. The first-order valence-corrected chi connectivity index (χ1v) is 10.8. The van der Waals surface area contributed by atoms with Gasteiger partial charge in [0.2, 0.25) is 0 Å². The predicted octanol–water partition coefficient (Wildman–Crippen LogP) is 3.78. The number of fused-ring (bicyclic) bond motifs is 1. The Hall–Kier alpha value is -2.51. The SMILES string of the molecule is C[C@@H]1COCCN1c1cc(C2COCCC2(C)C)nc(-c2ccnc3[nH]ccc23)n1. The molecule has 0 amide bonds. The van der Waals surface area contributed by atoms with Crippen LogP contribution in [-0.4, -0.2) is 59.0 Å². The third-order valence-corrected chi connectivity index (χ3v) is 6.57. The van der Waals surface area contributed by atoms with Gasteiger partial charge >= 0.3 is 0 Å². The van der Waals surface area contributed by atoms with E-state index in [9.17, 15) is 0 Å². The molecule has 5 heterocycles. The zero-order valence-corrected chi connectivity index (χ0v) is 17.9. The van der Waals surface area contributed by atoms with Crippen LogP contribution in [0.5, 0.6) is 0 Å². The van der Waals surface area contributed by atoms with Gasteiger partial charge < -0.3 is 19.4 Å². The molecule has 0 aliphatic carbocycles. The highest BCUT2D eigenvalue weighted by atomic mass is 16.5. The minimum Gasteiger partial charge on any atom is -0.381 e. The zero-order chi connectivity index (χ0) is 20.7. The minimum atomic E-state index is 0.124. The van der Waals surface area contributed by atoms with Gasteiger partial charge in [-0.2, -0.15) is 0 Å². The molecule has 0 radical (unpaired) electrons. The molecule has 30 heavy (non-hydrogen) atoms. The van der Waals surface area contributed by atoms with E-state index < -0.39 is 0 Å². The van der Waals surface area contributed by atoms with Crippen molar-refractivity contribution in [2.75, 3.05) is 37.9 Å². The molecule has 158 valence electrons. The lowest BCUT2D eigenvalue weighted by Crippen LogP contribution is -2.44. The van der Waals surface area contributed by atoms with Gasteiger partial charge in [-0.3, -0.25) is 0 Å². The van der Waals surface area contributed by atoms with E-state index in [0.29, 0.717) is 19.8 Å². The second kappa shape index (κ2) is 7.63. The maximum absolute atomic E-state index is 5.87. The van der Waals surface area contributed by atoms with Crippen LogP contribution < -0.4 is 4.90 Å². The van der Waals surface area contributed by atoms with E-state index in [2.05, 4.69) is 41.7 Å². The average molecular weight is 408 g/mol. The molecule has 0 spiro atoms. The van der Waals surface area contributed by atoms with Gasteiger partial charge in [0.25, 0.3) is 0 Å². The van der Waals surface area contributed by atoms with Gasteiger partial charge in [-0.25, -0.2) is 15.0 Å². The van der Waals surface area contributed by atoms with Crippen molar-refractivity contribution in [3.8, 4) is 11.4 Å². The van der Waals surface area contributed by atoms with E-state index in [1.165, 1.54) is 0 Å². The van der Waals surface area contributed by atoms with Crippen LogP contribution in [0.3, 0.4) is 0 Å². The molecule has 3 aromatic rings. The minimum absolute atomic E-state index is 0.124. The van der Waals surface area contributed by atoms with E-state index in [1.807, 2.05) is 24.5 Å². The maximum Gasteiger partial charge on any atom is 0.162 e. The summed E-state index contributed by atoms with van der Waals surface area (Å²) in [5.74, 6) is 1.94. The Morgan fingerprint density at radius 1 is 1.13 bits per heavy atom. The van der Waals surface area contributed by atoms with E-state index in [0.717, 1.165) is 53.5 Å². The Labute approximate surface area is 176 Å². The summed E-state index contributed by atoms with van der Waals surface area (Å²) in [5.41, 5.74) is 3.03. The standard InChI is InChI=1S/C23H29N5O2/c1-15-13-30-11-9-28(15)20-12-19(18-14-29-10-6-23(18,2)3)26-22(27-20)17-5-8-25-21-16(17)4-7-24-21/h4-5,7-8,12,15,18H,6,9-11,13-14H2,1-3H3,(H,24,25)/t15-,18?/m1/s1. The Bertz CT molecular complexity index is 1050. The number of pyridine rings is 1. The smallest absolute Gasteiger partial charge is 0.162 e. The lowest BCUT2D eigenvalue weighted by Gasteiger charge is -2.39. The van der Waals surface area contributed by atoms with Gasteiger partial charge in [0, 0.05) is 48.5 Å². The highest BCUT2D eigenvalue weighted by Gasteiger charge is 2.36. The quantitative estimate of drug-likeness (QED) is 0.712. The molecule has 1 N–H and O–H groups in total. The molecule has 5 rings (SSSR count). The molecule has 3 aromatic heterocycles. The summed E-state index contributed by atoms with van der Waals surface area (Å²) in [6, 6.07) is 6.49. The number of rotatable bonds is 3. The highest BCUT2D eigenvalue weighted by molar-refractivity contribution is 5.91. The molecule has 2 atom stereocenters. The molecule has 2 saturated heterocycles. The zero-order valence-electron chi connectivity index (χ0n) is 17.9. The molecule has 0 bridgehead atoms. The first kappa shape index (κ1) is 19.5. The van der Waals surface area contributed by atoms with Crippen LogP contribution in [0, 0.1) is 5.41 Å². The topological polar surface area (TPSA) is 76.2 Å².